The van der Waals surface area contributed by atoms with Crippen LogP contribution in [0.3, 0.4) is 0 Å². The van der Waals surface area contributed by atoms with E-state index in [1.54, 1.807) is 0 Å². The Hall–Kier alpha value is -2.36. The molecule has 1 unspecified atom stereocenters. The number of benzene rings is 1. The third-order valence-electron chi connectivity index (χ3n) is 2.34. The minimum Gasteiger partial charge on any atom is -0.479 e. The summed E-state index contributed by atoms with van der Waals surface area (Å²) in [4.78, 5) is 21.2. The molecule has 0 amide bonds. The first-order valence-corrected chi connectivity index (χ1v) is 5.73. The van der Waals surface area contributed by atoms with Gasteiger partial charge in [0.1, 0.15) is 6.10 Å². The van der Waals surface area contributed by atoms with Gasteiger partial charge in [0.15, 0.2) is 0 Å². The molecule has 1 atom stereocenters. The first-order valence-electron chi connectivity index (χ1n) is 5.73. The molecule has 0 spiro atoms. The van der Waals surface area contributed by atoms with Crippen molar-refractivity contribution in [1.82, 2.24) is 0 Å². The fourth-order valence-electron chi connectivity index (χ4n) is 1.35. The van der Waals surface area contributed by atoms with Gasteiger partial charge in [0.2, 0.25) is 0 Å². The molecule has 6 heteroatoms. The highest BCUT2D eigenvalue weighted by atomic mass is 16.6. The number of hydrogen-bond donors (Lipinski definition) is 2. The van der Waals surface area contributed by atoms with Crippen molar-refractivity contribution in [2.24, 2.45) is 0 Å². The lowest BCUT2D eigenvalue weighted by Crippen LogP contribution is -2.35. The molecule has 0 bridgehead atoms. The molecule has 0 aliphatic carbocycles. The monoisotopic (exact) mass is 278 g/mol. The molecular weight excluding hydrogens is 264 g/mol. The maximum absolute atomic E-state index is 10.6. The van der Waals surface area contributed by atoms with Crippen LogP contribution in [0.1, 0.15) is 5.56 Å². The van der Waals surface area contributed by atoms with Crippen LogP contribution in [0.5, 0.6) is 0 Å². The Morgan fingerprint density at radius 1 is 1.15 bits per heavy atom. The second kappa shape index (κ2) is 7.94. The molecule has 2 N–H and O–H groups in total. The maximum Gasteiger partial charge on any atom is 0.344 e. The van der Waals surface area contributed by atoms with E-state index in [1.807, 2.05) is 30.3 Å². The van der Waals surface area contributed by atoms with Crippen molar-refractivity contribution in [3.8, 4) is 12.3 Å². The minimum atomic E-state index is -1.95. The largest absolute Gasteiger partial charge is 0.479 e. The highest BCUT2D eigenvalue weighted by Crippen LogP contribution is 2.05. The summed E-state index contributed by atoms with van der Waals surface area (Å²) >= 11 is 0. The first-order chi connectivity index (χ1) is 9.54. The van der Waals surface area contributed by atoms with Crippen LogP contribution in [-0.2, 0) is 25.7 Å². The van der Waals surface area contributed by atoms with Crippen LogP contribution in [0.2, 0.25) is 0 Å². The number of hydrogen-bond acceptors (Lipinski definition) is 4. The van der Waals surface area contributed by atoms with Crippen LogP contribution in [0.4, 0.5) is 0 Å². The van der Waals surface area contributed by atoms with E-state index in [-0.39, 0.29) is 13.2 Å². The summed E-state index contributed by atoms with van der Waals surface area (Å²) in [5, 5.41) is 17.3. The molecule has 0 aliphatic heterocycles. The molecule has 0 heterocycles. The van der Waals surface area contributed by atoms with Gasteiger partial charge in [-0.05, 0) is 5.56 Å². The van der Waals surface area contributed by atoms with Crippen LogP contribution in [0.25, 0.3) is 0 Å². The molecule has 1 aromatic carbocycles. The fraction of sp³-hybridized carbons (Fsp3) is 0.286. The second-order valence-electron chi connectivity index (χ2n) is 3.84. The third-order valence-corrected chi connectivity index (χ3v) is 2.34. The lowest BCUT2D eigenvalue weighted by molar-refractivity contribution is -0.167. The van der Waals surface area contributed by atoms with E-state index >= 15 is 0 Å². The quantitative estimate of drug-likeness (QED) is 0.538. The maximum atomic E-state index is 10.6. The van der Waals surface area contributed by atoms with Crippen LogP contribution in [0, 0.1) is 12.3 Å². The summed E-state index contributed by atoms with van der Waals surface area (Å²) in [6.45, 7) is -0.0868. The molecule has 6 nitrogen and oxygen atoms in total. The van der Waals surface area contributed by atoms with Crippen molar-refractivity contribution in [3.05, 3.63) is 35.9 Å². The number of carboxylic acids is 2. The summed E-state index contributed by atoms with van der Waals surface area (Å²) < 4.78 is 10.1. The van der Waals surface area contributed by atoms with E-state index in [2.05, 4.69) is 5.92 Å². The smallest absolute Gasteiger partial charge is 0.344 e. The molecule has 0 saturated heterocycles. The molecule has 0 saturated carbocycles. The second-order valence-corrected chi connectivity index (χ2v) is 3.84. The summed E-state index contributed by atoms with van der Waals surface area (Å²) in [7, 11) is 0. The molecule has 0 fully saturated rings. The first kappa shape index (κ1) is 15.7. The van der Waals surface area contributed by atoms with Gasteiger partial charge in [-0.3, -0.25) is 0 Å². The molecule has 0 radical (unpaired) electrons. The Morgan fingerprint density at radius 2 is 1.75 bits per heavy atom. The highest BCUT2D eigenvalue weighted by Gasteiger charge is 2.27. The van der Waals surface area contributed by atoms with Crippen molar-refractivity contribution in [2.75, 3.05) is 6.61 Å². The molecule has 0 aromatic heterocycles. The predicted octanol–water partition coefficient (Wildman–Crippen LogP) is 0.759. The average Bonchev–Trinajstić information content (AvgIpc) is 2.42. The summed E-state index contributed by atoms with van der Waals surface area (Å²) in [6.07, 6.45) is 2.45. The molecule has 1 aromatic rings. The highest BCUT2D eigenvalue weighted by molar-refractivity contribution is 5.95. The van der Waals surface area contributed by atoms with E-state index in [0.717, 1.165) is 5.56 Å². The number of ether oxygens (including phenoxy) is 2. The van der Waals surface area contributed by atoms with Gasteiger partial charge < -0.3 is 19.7 Å². The van der Waals surface area contributed by atoms with E-state index in [9.17, 15) is 9.59 Å². The number of rotatable bonds is 8. The minimum absolute atomic E-state index is 0.226. The van der Waals surface area contributed by atoms with Gasteiger partial charge in [-0.2, -0.15) is 0 Å². The van der Waals surface area contributed by atoms with Gasteiger partial charge in [-0.15, -0.1) is 6.42 Å². The average molecular weight is 278 g/mol. The van der Waals surface area contributed by atoms with Crippen molar-refractivity contribution in [3.63, 3.8) is 0 Å². The van der Waals surface area contributed by atoms with Crippen LogP contribution < -0.4 is 0 Å². The lowest BCUT2D eigenvalue weighted by atomic mass is 10.2. The van der Waals surface area contributed by atoms with Gasteiger partial charge in [0.25, 0.3) is 6.10 Å². The van der Waals surface area contributed by atoms with E-state index in [1.165, 1.54) is 0 Å². The molecule has 20 heavy (non-hydrogen) atoms. The zero-order valence-corrected chi connectivity index (χ0v) is 10.6. The molecule has 106 valence electrons. The normalized spacial score (nSPS) is 11.8. The lowest BCUT2D eigenvalue weighted by Gasteiger charge is -2.15. The standard InChI is InChI=1S/C14H14O6/c1-2-11(9-20-12(13(15)16)14(17)18)19-8-10-6-4-3-5-7-10/h1,3-7,11-12H,8-9H2,(H,15,16)(H,17,18). The van der Waals surface area contributed by atoms with Gasteiger partial charge in [0.05, 0.1) is 13.2 Å². The summed E-state index contributed by atoms with van der Waals surface area (Å²) in [6, 6.07) is 9.21. The number of terminal acetylenes is 1. The molecule has 1 rings (SSSR count). The number of aliphatic carboxylic acids is 2. The Kier molecular flexibility index (Phi) is 6.23. The SMILES string of the molecule is C#CC(COC(C(=O)O)C(=O)O)OCc1ccccc1. The van der Waals surface area contributed by atoms with E-state index in [4.69, 9.17) is 26.1 Å². The zero-order valence-electron chi connectivity index (χ0n) is 10.6. The van der Waals surface area contributed by atoms with Gasteiger partial charge in [0, 0.05) is 0 Å². The summed E-state index contributed by atoms with van der Waals surface area (Å²) in [5.74, 6) is -0.901. The van der Waals surface area contributed by atoms with Crippen molar-refractivity contribution in [1.29, 1.82) is 0 Å². The third kappa shape index (κ3) is 5.10. The predicted molar refractivity (Wildman–Crippen MR) is 68.9 cm³/mol. The Morgan fingerprint density at radius 3 is 2.25 bits per heavy atom. The van der Waals surface area contributed by atoms with Crippen molar-refractivity contribution < 1.29 is 29.3 Å². The van der Waals surface area contributed by atoms with Gasteiger partial charge in [-0.25, -0.2) is 9.59 Å². The van der Waals surface area contributed by atoms with Crippen molar-refractivity contribution in [2.45, 2.75) is 18.8 Å². The molecular formula is C14H14O6. The van der Waals surface area contributed by atoms with E-state index < -0.39 is 24.1 Å². The van der Waals surface area contributed by atoms with Gasteiger partial charge >= 0.3 is 11.9 Å². The van der Waals surface area contributed by atoms with Crippen LogP contribution >= 0.6 is 0 Å². The summed E-state index contributed by atoms with van der Waals surface area (Å²) in [5.41, 5.74) is 0.890. The topological polar surface area (TPSA) is 93.1 Å². The van der Waals surface area contributed by atoms with Crippen LogP contribution in [0.15, 0.2) is 30.3 Å². The Bertz CT molecular complexity index is 476. The van der Waals surface area contributed by atoms with E-state index in [0.29, 0.717) is 0 Å². The number of carboxylic acid groups (broad SMARTS) is 2. The number of carbonyl (C=O) groups is 2. The Labute approximate surface area is 115 Å². The molecule has 0 aliphatic rings. The van der Waals surface area contributed by atoms with Gasteiger partial charge in [-0.1, -0.05) is 36.3 Å². The Balaban J connectivity index is 2.46. The zero-order chi connectivity index (χ0) is 15.0. The fourth-order valence-corrected chi connectivity index (χ4v) is 1.35. The van der Waals surface area contributed by atoms with Crippen LogP contribution in [-0.4, -0.2) is 41.0 Å². The van der Waals surface area contributed by atoms with Crippen molar-refractivity contribution >= 4 is 11.9 Å².